The van der Waals surface area contributed by atoms with Crippen LogP contribution in [0.25, 0.3) is 11.4 Å². The average Bonchev–Trinajstić information content (AvgIpc) is 3.10. The van der Waals surface area contributed by atoms with Crippen molar-refractivity contribution in [3.8, 4) is 17.1 Å². The highest BCUT2D eigenvalue weighted by atomic mass is 35.5. The minimum absolute atomic E-state index is 0.137. The van der Waals surface area contributed by atoms with E-state index in [1.165, 1.54) is 4.90 Å². The number of carbonyl (C=O) groups is 1. The summed E-state index contributed by atoms with van der Waals surface area (Å²) < 4.78 is 10.5. The third-order valence-corrected chi connectivity index (χ3v) is 4.18. The van der Waals surface area contributed by atoms with Crippen molar-refractivity contribution in [2.24, 2.45) is 0 Å². The first-order valence-electron chi connectivity index (χ1n) is 7.96. The molecule has 0 bridgehead atoms. The first-order chi connectivity index (χ1) is 12.5. The molecule has 1 amide bonds. The van der Waals surface area contributed by atoms with Gasteiger partial charge in [-0.3, -0.25) is 4.79 Å². The van der Waals surface area contributed by atoms with Gasteiger partial charge in [0.1, 0.15) is 5.75 Å². The van der Waals surface area contributed by atoms with Gasteiger partial charge in [0.25, 0.3) is 5.91 Å². The van der Waals surface area contributed by atoms with Crippen LogP contribution in [0.3, 0.4) is 0 Å². The monoisotopic (exact) mass is 371 g/mol. The quantitative estimate of drug-likeness (QED) is 0.678. The Balaban J connectivity index is 1.71. The fourth-order valence-electron chi connectivity index (χ4n) is 2.54. The second-order valence-corrected chi connectivity index (χ2v) is 6.30. The molecule has 0 spiro atoms. The van der Waals surface area contributed by atoms with Gasteiger partial charge >= 0.3 is 0 Å². The molecule has 134 valence electrons. The van der Waals surface area contributed by atoms with Crippen LogP contribution in [-0.2, 0) is 6.54 Å². The summed E-state index contributed by atoms with van der Waals surface area (Å²) in [5.74, 6) is 1.42. The van der Waals surface area contributed by atoms with Crippen molar-refractivity contribution in [3.05, 3.63) is 64.5 Å². The van der Waals surface area contributed by atoms with Gasteiger partial charge in [-0.15, -0.1) is 0 Å². The van der Waals surface area contributed by atoms with Crippen LogP contribution in [-0.4, -0.2) is 35.1 Å². The highest BCUT2D eigenvalue weighted by Crippen LogP contribution is 2.21. The van der Waals surface area contributed by atoms with E-state index < -0.39 is 0 Å². The molecule has 2 aromatic carbocycles. The van der Waals surface area contributed by atoms with Crippen LogP contribution in [0.1, 0.15) is 21.8 Å². The van der Waals surface area contributed by atoms with E-state index in [0.29, 0.717) is 22.3 Å². The number of benzene rings is 2. The Morgan fingerprint density at radius 2 is 1.96 bits per heavy atom. The van der Waals surface area contributed by atoms with Gasteiger partial charge in [0, 0.05) is 23.2 Å². The third kappa shape index (κ3) is 3.86. The number of carbonyl (C=O) groups excluding carboxylic acids is 1. The maximum Gasteiger partial charge on any atom is 0.254 e. The lowest BCUT2D eigenvalue weighted by atomic mass is 10.1. The molecule has 0 N–H and O–H groups in total. The van der Waals surface area contributed by atoms with Crippen molar-refractivity contribution in [2.75, 3.05) is 14.2 Å². The molecular weight excluding hydrogens is 354 g/mol. The Morgan fingerprint density at radius 1 is 1.23 bits per heavy atom. The van der Waals surface area contributed by atoms with Crippen molar-refractivity contribution in [2.45, 2.75) is 13.5 Å². The van der Waals surface area contributed by atoms with Crippen LogP contribution in [0.15, 0.2) is 47.0 Å². The van der Waals surface area contributed by atoms with Gasteiger partial charge in [0.15, 0.2) is 0 Å². The summed E-state index contributed by atoms with van der Waals surface area (Å²) in [7, 11) is 3.29. The van der Waals surface area contributed by atoms with Crippen LogP contribution in [0.4, 0.5) is 0 Å². The Hall–Kier alpha value is -2.86. The predicted molar refractivity (Wildman–Crippen MR) is 98.3 cm³/mol. The number of hydrogen-bond acceptors (Lipinski definition) is 5. The standard InChI is InChI=1S/C19H18ClN3O3/c1-12-10-14(6-9-16(12)25-3)19(24)23(2)11-17-21-18(22-26-17)13-4-7-15(20)8-5-13/h4-10H,11H2,1-3H3. The lowest BCUT2D eigenvalue weighted by Crippen LogP contribution is -2.26. The summed E-state index contributed by atoms with van der Waals surface area (Å²) in [6.45, 7) is 2.11. The second-order valence-electron chi connectivity index (χ2n) is 5.86. The van der Waals surface area contributed by atoms with Gasteiger partial charge in [-0.05, 0) is 55.0 Å². The van der Waals surface area contributed by atoms with Gasteiger partial charge in [-0.1, -0.05) is 16.8 Å². The molecule has 0 atom stereocenters. The Kier molecular flexibility index (Phi) is 5.23. The molecule has 26 heavy (non-hydrogen) atoms. The van der Waals surface area contributed by atoms with E-state index in [1.54, 1.807) is 44.5 Å². The summed E-state index contributed by atoms with van der Waals surface area (Å²) in [4.78, 5) is 18.5. The number of amides is 1. The maximum absolute atomic E-state index is 12.6. The number of hydrogen-bond donors (Lipinski definition) is 0. The van der Waals surface area contributed by atoms with Crippen molar-refractivity contribution < 1.29 is 14.1 Å². The molecule has 6 nitrogen and oxygen atoms in total. The molecule has 7 heteroatoms. The fraction of sp³-hybridized carbons (Fsp3) is 0.211. The molecule has 0 aliphatic carbocycles. The van der Waals surface area contributed by atoms with E-state index in [0.717, 1.165) is 16.9 Å². The maximum atomic E-state index is 12.6. The largest absolute Gasteiger partial charge is 0.496 e. The van der Waals surface area contributed by atoms with Gasteiger partial charge in [-0.25, -0.2) is 0 Å². The van der Waals surface area contributed by atoms with Crippen molar-refractivity contribution in [1.29, 1.82) is 0 Å². The van der Waals surface area contributed by atoms with E-state index in [-0.39, 0.29) is 12.5 Å². The van der Waals surface area contributed by atoms with Crippen LogP contribution in [0.2, 0.25) is 5.02 Å². The van der Waals surface area contributed by atoms with E-state index in [4.69, 9.17) is 20.9 Å². The molecule has 0 unspecified atom stereocenters. The summed E-state index contributed by atoms with van der Waals surface area (Å²) in [5.41, 5.74) is 2.27. The minimum Gasteiger partial charge on any atom is -0.496 e. The highest BCUT2D eigenvalue weighted by molar-refractivity contribution is 6.30. The number of methoxy groups -OCH3 is 1. The second kappa shape index (κ2) is 7.58. The van der Waals surface area contributed by atoms with Crippen LogP contribution < -0.4 is 4.74 Å². The first-order valence-corrected chi connectivity index (χ1v) is 8.34. The molecule has 0 saturated heterocycles. The smallest absolute Gasteiger partial charge is 0.254 e. The Labute approximate surface area is 156 Å². The topological polar surface area (TPSA) is 68.5 Å². The zero-order chi connectivity index (χ0) is 18.7. The molecule has 0 aliphatic rings. The number of halogens is 1. The summed E-state index contributed by atoms with van der Waals surface area (Å²) in [6.07, 6.45) is 0. The lowest BCUT2D eigenvalue weighted by Gasteiger charge is -2.15. The van der Waals surface area contributed by atoms with Crippen molar-refractivity contribution in [3.63, 3.8) is 0 Å². The van der Waals surface area contributed by atoms with Crippen molar-refractivity contribution in [1.82, 2.24) is 15.0 Å². The normalized spacial score (nSPS) is 10.6. The summed E-state index contributed by atoms with van der Waals surface area (Å²) >= 11 is 5.88. The summed E-state index contributed by atoms with van der Waals surface area (Å²) in [6, 6.07) is 12.4. The highest BCUT2D eigenvalue weighted by Gasteiger charge is 2.17. The predicted octanol–water partition coefficient (Wildman–Crippen LogP) is 3.98. The van der Waals surface area contributed by atoms with Crippen LogP contribution in [0, 0.1) is 6.92 Å². The molecule has 3 aromatic rings. The van der Waals surface area contributed by atoms with Gasteiger partial charge < -0.3 is 14.2 Å². The fourth-order valence-corrected chi connectivity index (χ4v) is 2.67. The number of ether oxygens (including phenoxy) is 1. The summed E-state index contributed by atoms with van der Waals surface area (Å²) in [5, 5.41) is 4.59. The van der Waals surface area contributed by atoms with E-state index in [2.05, 4.69) is 10.1 Å². The molecular formula is C19H18ClN3O3. The molecule has 0 radical (unpaired) electrons. The van der Waals surface area contributed by atoms with Crippen LogP contribution in [0.5, 0.6) is 5.75 Å². The minimum atomic E-state index is -0.137. The third-order valence-electron chi connectivity index (χ3n) is 3.93. The molecule has 1 heterocycles. The molecule has 3 rings (SSSR count). The molecule has 0 saturated carbocycles. The van der Waals surface area contributed by atoms with Gasteiger partial charge in [-0.2, -0.15) is 4.98 Å². The lowest BCUT2D eigenvalue weighted by molar-refractivity contribution is 0.0769. The van der Waals surface area contributed by atoms with Crippen LogP contribution >= 0.6 is 11.6 Å². The zero-order valence-corrected chi connectivity index (χ0v) is 15.4. The number of rotatable bonds is 5. The van der Waals surface area contributed by atoms with E-state index in [1.807, 2.05) is 19.1 Å². The van der Waals surface area contributed by atoms with Gasteiger partial charge in [0.2, 0.25) is 11.7 Å². The Morgan fingerprint density at radius 3 is 2.62 bits per heavy atom. The van der Waals surface area contributed by atoms with E-state index in [9.17, 15) is 4.79 Å². The average molecular weight is 372 g/mol. The molecule has 0 fully saturated rings. The van der Waals surface area contributed by atoms with E-state index >= 15 is 0 Å². The number of nitrogens with zero attached hydrogens (tertiary/aromatic N) is 3. The number of aromatic nitrogens is 2. The first kappa shape index (κ1) is 17.9. The van der Waals surface area contributed by atoms with Gasteiger partial charge in [0.05, 0.1) is 13.7 Å². The molecule has 1 aromatic heterocycles. The molecule has 0 aliphatic heterocycles. The Bertz CT molecular complexity index is 922. The SMILES string of the molecule is COc1ccc(C(=O)N(C)Cc2nc(-c3ccc(Cl)cc3)no2)cc1C. The zero-order valence-electron chi connectivity index (χ0n) is 14.7. The number of aryl methyl sites for hydroxylation is 1. The van der Waals surface area contributed by atoms with Crippen molar-refractivity contribution >= 4 is 17.5 Å².